The maximum absolute atomic E-state index is 13.5. The van der Waals surface area contributed by atoms with Crippen molar-refractivity contribution >= 4 is 25.9 Å². The van der Waals surface area contributed by atoms with Gasteiger partial charge in [0, 0.05) is 5.56 Å². The highest BCUT2D eigenvalue weighted by Gasteiger charge is 2.48. The van der Waals surface area contributed by atoms with E-state index in [-0.39, 0.29) is 17.1 Å². The van der Waals surface area contributed by atoms with Gasteiger partial charge in [0.1, 0.15) is 0 Å². The molecule has 158 valence electrons. The quantitative estimate of drug-likeness (QED) is 0.289. The average Bonchev–Trinajstić information content (AvgIpc) is 2.71. The molecule has 2 aromatic rings. The Morgan fingerprint density at radius 2 is 1.24 bits per heavy atom. The molecule has 2 aromatic carbocycles. The van der Waals surface area contributed by atoms with Crippen LogP contribution in [0.15, 0.2) is 60.7 Å². The number of rotatable bonds is 10. The summed E-state index contributed by atoms with van der Waals surface area (Å²) < 4.78 is 7.20. The van der Waals surface area contributed by atoms with Gasteiger partial charge in [-0.05, 0) is 28.4 Å². The number of hydrogen-bond donors (Lipinski definition) is 0. The van der Waals surface area contributed by atoms with Crippen LogP contribution in [0, 0.1) is 0 Å². The fourth-order valence-corrected chi connectivity index (χ4v) is 11.1. The van der Waals surface area contributed by atoms with Crippen molar-refractivity contribution in [1.82, 2.24) is 0 Å². The largest absolute Gasteiger partial charge is 0.408 e. The molecule has 0 unspecified atom stereocenters. The molecule has 0 bridgehead atoms. The second-order valence-electron chi connectivity index (χ2n) is 8.65. The minimum absolute atomic E-state index is 0.145. The highest BCUT2D eigenvalue weighted by atomic mass is 32.2. The zero-order valence-corrected chi connectivity index (χ0v) is 20.7. The molecular formula is C25H36O2SSi. The lowest BCUT2D eigenvalue weighted by Crippen LogP contribution is -2.50. The lowest BCUT2D eigenvalue weighted by atomic mass is 10.00. The standard InChI is InChI=1S/C25H36O2SSi/c1-18(2)29(19(3)4,20(5)6)27-24(22-16-12-9-13-17-22)25(28-7)23(26)21-14-10-8-11-15-21/h8-20,24-25H,1-7H3/t24-,25-/m0/s1. The summed E-state index contributed by atoms with van der Waals surface area (Å²) in [5, 5.41) is -0.275. The van der Waals surface area contributed by atoms with Crippen molar-refractivity contribution in [3.63, 3.8) is 0 Å². The van der Waals surface area contributed by atoms with Crippen molar-refractivity contribution in [3.05, 3.63) is 71.8 Å². The normalized spacial score (nSPS) is 14.4. The predicted molar refractivity (Wildman–Crippen MR) is 129 cm³/mol. The Bertz CT molecular complexity index is 737. The lowest BCUT2D eigenvalue weighted by Gasteiger charge is -2.46. The Morgan fingerprint density at radius 3 is 1.66 bits per heavy atom. The molecule has 4 heteroatoms. The molecule has 0 aliphatic rings. The van der Waals surface area contributed by atoms with E-state index in [2.05, 4.69) is 53.7 Å². The van der Waals surface area contributed by atoms with E-state index in [9.17, 15) is 4.79 Å². The molecule has 0 spiro atoms. The topological polar surface area (TPSA) is 26.3 Å². The second-order valence-corrected chi connectivity index (χ2v) is 15.0. The summed E-state index contributed by atoms with van der Waals surface area (Å²) in [7, 11) is -2.16. The molecule has 0 heterocycles. The number of carbonyl (C=O) groups is 1. The third-order valence-electron chi connectivity index (χ3n) is 6.01. The number of hydrogen-bond acceptors (Lipinski definition) is 3. The van der Waals surface area contributed by atoms with E-state index < -0.39 is 8.32 Å². The van der Waals surface area contributed by atoms with Crippen molar-refractivity contribution < 1.29 is 9.22 Å². The number of Topliss-reactive ketones (excluding diaryl/α,β-unsaturated/α-hetero) is 1. The SMILES string of the molecule is CS[C@@H](C(=O)c1ccccc1)[C@@H](O[Si](C(C)C)(C(C)C)C(C)C)c1ccccc1. The molecule has 0 saturated heterocycles. The highest BCUT2D eigenvalue weighted by molar-refractivity contribution is 8.00. The summed E-state index contributed by atoms with van der Waals surface area (Å²) in [6.07, 6.45) is 1.77. The summed E-state index contributed by atoms with van der Waals surface area (Å²) in [6.45, 7) is 13.8. The summed E-state index contributed by atoms with van der Waals surface area (Å²) >= 11 is 1.60. The third-order valence-corrected chi connectivity index (χ3v) is 13.1. The van der Waals surface area contributed by atoms with E-state index in [4.69, 9.17) is 4.43 Å². The van der Waals surface area contributed by atoms with Crippen LogP contribution < -0.4 is 0 Å². The Kier molecular flexibility index (Phi) is 8.74. The maximum Gasteiger partial charge on any atom is 0.201 e. The van der Waals surface area contributed by atoms with Gasteiger partial charge >= 0.3 is 0 Å². The van der Waals surface area contributed by atoms with Crippen LogP contribution in [0.4, 0.5) is 0 Å². The molecule has 29 heavy (non-hydrogen) atoms. The average molecular weight is 429 g/mol. The Balaban J connectivity index is 2.56. The van der Waals surface area contributed by atoms with Crippen LogP contribution in [0.3, 0.4) is 0 Å². The summed E-state index contributed by atoms with van der Waals surface area (Å²) in [5.74, 6) is 0.145. The number of ketones is 1. The third kappa shape index (κ3) is 5.22. The molecule has 0 aromatic heterocycles. The van der Waals surface area contributed by atoms with E-state index in [1.807, 2.05) is 54.8 Å². The zero-order valence-electron chi connectivity index (χ0n) is 18.9. The van der Waals surface area contributed by atoms with Gasteiger partial charge in [-0.15, -0.1) is 0 Å². The van der Waals surface area contributed by atoms with Gasteiger partial charge in [-0.25, -0.2) is 0 Å². The van der Waals surface area contributed by atoms with Crippen LogP contribution in [0.2, 0.25) is 16.6 Å². The summed E-state index contributed by atoms with van der Waals surface area (Å²) in [4.78, 5) is 13.5. The minimum Gasteiger partial charge on any atom is -0.408 e. The minimum atomic E-state index is -2.16. The first-order valence-corrected chi connectivity index (χ1v) is 14.0. The molecular weight excluding hydrogens is 392 g/mol. The fourth-order valence-electron chi connectivity index (χ4n) is 4.71. The number of benzene rings is 2. The van der Waals surface area contributed by atoms with Crippen LogP contribution in [0.25, 0.3) is 0 Å². The molecule has 0 amide bonds. The first-order valence-electron chi connectivity index (χ1n) is 10.6. The molecule has 2 nitrogen and oxygen atoms in total. The molecule has 0 radical (unpaired) electrons. The van der Waals surface area contributed by atoms with Crippen LogP contribution in [-0.4, -0.2) is 25.6 Å². The fraction of sp³-hybridized carbons (Fsp3) is 0.480. The van der Waals surface area contributed by atoms with Gasteiger partial charge in [0.2, 0.25) is 8.32 Å². The van der Waals surface area contributed by atoms with Crippen LogP contribution >= 0.6 is 11.8 Å². The van der Waals surface area contributed by atoms with Gasteiger partial charge in [-0.3, -0.25) is 4.79 Å². The van der Waals surface area contributed by atoms with Gasteiger partial charge in [0.15, 0.2) is 5.78 Å². The monoisotopic (exact) mass is 428 g/mol. The van der Waals surface area contributed by atoms with E-state index in [0.717, 1.165) is 11.1 Å². The van der Waals surface area contributed by atoms with Crippen LogP contribution in [0.1, 0.15) is 63.6 Å². The highest BCUT2D eigenvalue weighted by Crippen LogP contribution is 2.47. The zero-order chi connectivity index (χ0) is 21.6. The molecule has 0 aliphatic heterocycles. The molecule has 0 N–H and O–H groups in total. The smallest absolute Gasteiger partial charge is 0.201 e. The molecule has 2 atom stereocenters. The molecule has 2 rings (SSSR count). The van der Waals surface area contributed by atoms with Crippen molar-refractivity contribution in [2.24, 2.45) is 0 Å². The van der Waals surface area contributed by atoms with Crippen molar-refractivity contribution in [2.75, 3.05) is 6.26 Å². The molecule has 0 saturated carbocycles. The van der Waals surface area contributed by atoms with E-state index >= 15 is 0 Å². The van der Waals surface area contributed by atoms with Crippen molar-refractivity contribution in [1.29, 1.82) is 0 Å². The van der Waals surface area contributed by atoms with Crippen molar-refractivity contribution in [3.8, 4) is 0 Å². The summed E-state index contributed by atoms with van der Waals surface area (Å²) in [6, 6.07) is 19.9. The van der Waals surface area contributed by atoms with E-state index in [1.165, 1.54) is 0 Å². The summed E-state index contributed by atoms with van der Waals surface area (Å²) in [5.41, 5.74) is 3.23. The first kappa shape index (κ1) is 23.9. The molecule has 0 fully saturated rings. The van der Waals surface area contributed by atoms with Gasteiger partial charge in [0.25, 0.3) is 0 Å². The van der Waals surface area contributed by atoms with E-state index in [0.29, 0.717) is 16.6 Å². The maximum atomic E-state index is 13.5. The predicted octanol–water partition coefficient (Wildman–Crippen LogP) is 7.53. The Morgan fingerprint density at radius 1 is 0.793 bits per heavy atom. The Labute approximate surface area is 182 Å². The van der Waals surface area contributed by atoms with Gasteiger partial charge in [-0.1, -0.05) is 102 Å². The van der Waals surface area contributed by atoms with E-state index in [1.54, 1.807) is 11.8 Å². The number of thioether (sulfide) groups is 1. The van der Waals surface area contributed by atoms with Crippen LogP contribution in [-0.2, 0) is 4.43 Å². The van der Waals surface area contributed by atoms with Crippen LogP contribution in [0.5, 0.6) is 0 Å². The lowest BCUT2D eigenvalue weighted by molar-refractivity contribution is 0.0902. The van der Waals surface area contributed by atoms with Crippen molar-refractivity contribution in [2.45, 2.75) is 69.5 Å². The molecule has 0 aliphatic carbocycles. The second kappa shape index (κ2) is 10.6. The Hall–Kier alpha value is -1.36. The van der Waals surface area contributed by atoms with Gasteiger partial charge < -0.3 is 4.43 Å². The van der Waals surface area contributed by atoms with Gasteiger partial charge in [0.05, 0.1) is 11.4 Å². The van der Waals surface area contributed by atoms with Gasteiger partial charge in [-0.2, -0.15) is 11.8 Å². The number of carbonyl (C=O) groups excluding carboxylic acids is 1. The first-order chi connectivity index (χ1) is 13.8.